The van der Waals surface area contributed by atoms with Gasteiger partial charge in [-0.3, -0.25) is 9.69 Å². The van der Waals surface area contributed by atoms with Gasteiger partial charge in [0.2, 0.25) is 0 Å². The van der Waals surface area contributed by atoms with E-state index in [9.17, 15) is 9.90 Å². The molecule has 0 aliphatic carbocycles. The Balaban J connectivity index is 1.15. The smallest absolute Gasteiger partial charge is 0.309 e. The number of fused-ring (bicyclic) bond motifs is 1. The minimum absolute atomic E-state index is 0.378. The number of hydrogen-bond acceptors (Lipinski definition) is 8. The lowest BCUT2D eigenvalue weighted by atomic mass is 9.93. The Kier molecular flexibility index (Phi) is 9.54. The highest BCUT2D eigenvalue weighted by Crippen LogP contribution is 2.39. The Morgan fingerprint density at radius 2 is 2.00 bits per heavy atom. The molecule has 3 atom stereocenters. The fraction of sp³-hybridized carbons (Fsp3) is 0.515. The standard InChI is InChI=1S/C33H40ClN3O5S/c1-21-17-36(24-10-14-41-15-11-24)12-8-23-7-6-22(16-27(21)23)19-42-31-25(4-3-5-28(31)34)29-20-43-33(35-29)37-13-9-26(32(38)39)30(18-37)40-2/h3-7,16,20-21,24,26,30H,8-15,17-19H2,1-2H3,(H,38,39)/t21-,26-,30+/m0/s1. The molecule has 0 saturated carbocycles. The van der Waals surface area contributed by atoms with Crippen LogP contribution in [0.5, 0.6) is 5.75 Å². The maximum absolute atomic E-state index is 11.6. The zero-order chi connectivity index (χ0) is 29.9. The number of carboxylic acids is 1. The van der Waals surface area contributed by atoms with E-state index in [-0.39, 0.29) is 6.10 Å². The molecule has 3 aliphatic heterocycles. The summed E-state index contributed by atoms with van der Waals surface area (Å²) in [5.74, 6) is -0.250. The molecular weight excluding hydrogens is 586 g/mol. The zero-order valence-corrected chi connectivity index (χ0v) is 26.4. The molecule has 0 bridgehead atoms. The van der Waals surface area contributed by atoms with Crippen molar-refractivity contribution in [3.63, 3.8) is 0 Å². The number of aliphatic carboxylic acids is 1. The first-order valence-electron chi connectivity index (χ1n) is 15.2. The molecule has 1 N–H and O–H groups in total. The van der Waals surface area contributed by atoms with Crippen LogP contribution in [0.25, 0.3) is 11.3 Å². The Labute approximate surface area is 262 Å². The van der Waals surface area contributed by atoms with Crippen LogP contribution in [0.1, 0.15) is 48.8 Å². The Hall–Kier alpha value is -2.69. The van der Waals surface area contributed by atoms with E-state index in [0.717, 1.165) is 67.5 Å². The molecule has 4 heterocycles. The molecule has 3 aromatic rings. The van der Waals surface area contributed by atoms with Crippen LogP contribution in [0, 0.1) is 5.92 Å². The van der Waals surface area contributed by atoms with Crippen molar-refractivity contribution in [3.8, 4) is 17.0 Å². The van der Waals surface area contributed by atoms with E-state index in [0.29, 0.717) is 48.8 Å². The third kappa shape index (κ3) is 6.71. The molecule has 0 amide bonds. The molecule has 230 valence electrons. The number of para-hydroxylation sites is 1. The van der Waals surface area contributed by atoms with Crippen LogP contribution in [0.3, 0.4) is 0 Å². The highest BCUT2D eigenvalue weighted by Gasteiger charge is 2.35. The normalized spacial score (nSPS) is 23.5. The molecule has 8 nitrogen and oxygen atoms in total. The second-order valence-electron chi connectivity index (χ2n) is 11.9. The second-order valence-corrected chi connectivity index (χ2v) is 13.1. The third-order valence-electron chi connectivity index (χ3n) is 9.19. The van der Waals surface area contributed by atoms with Crippen molar-refractivity contribution >= 4 is 34.0 Å². The van der Waals surface area contributed by atoms with Gasteiger partial charge in [-0.1, -0.05) is 42.8 Å². The molecule has 1 aromatic heterocycles. The number of anilines is 1. The van der Waals surface area contributed by atoms with Crippen molar-refractivity contribution in [2.24, 2.45) is 5.92 Å². The van der Waals surface area contributed by atoms with Crippen LogP contribution >= 0.6 is 22.9 Å². The summed E-state index contributed by atoms with van der Waals surface area (Å²) in [7, 11) is 1.57. The third-order valence-corrected chi connectivity index (χ3v) is 10.4. The van der Waals surface area contributed by atoms with Crippen molar-refractivity contribution in [1.82, 2.24) is 9.88 Å². The van der Waals surface area contributed by atoms with Crippen LogP contribution in [0.4, 0.5) is 5.13 Å². The molecule has 0 spiro atoms. The number of halogens is 1. The molecule has 43 heavy (non-hydrogen) atoms. The fourth-order valence-electron chi connectivity index (χ4n) is 6.77. The number of carbonyl (C=O) groups is 1. The van der Waals surface area contributed by atoms with E-state index >= 15 is 0 Å². The predicted molar refractivity (Wildman–Crippen MR) is 170 cm³/mol. The van der Waals surface area contributed by atoms with E-state index in [2.05, 4.69) is 34.9 Å². The number of rotatable bonds is 8. The molecule has 0 radical (unpaired) electrons. The number of ether oxygens (including phenoxy) is 3. The highest BCUT2D eigenvalue weighted by molar-refractivity contribution is 7.14. The molecule has 10 heteroatoms. The quantitative estimate of drug-likeness (QED) is 0.321. The maximum atomic E-state index is 11.6. The van der Waals surface area contributed by atoms with Gasteiger partial charge in [0.15, 0.2) is 5.13 Å². The average Bonchev–Trinajstić information content (AvgIpc) is 3.46. The molecule has 2 saturated heterocycles. The van der Waals surface area contributed by atoms with E-state index in [4.69, 9.17) is 30.8 Å². The van der Waals surface area contributed by atoms with E-state index in [1.54, 1.807) is 7.11 Å². The van der Waals surface area contributed by atoms with E-state index in [1.165, 1.54) is 22.5 Å². The topological polar surface area (TPSA) is 84.4 Å². The average molecular weight is 626 g/mol. The number of thiazole rings is 1. The minimum atomic E-state index is -0.812. The SMILES string of the molecule is CO[C@@H]1CN(c2nc(-c3cccc(Cl)c3OCc3ccc4c(c3)[C@@H](C)CN(C3CCOCC3)CC4)cs2)CC[C@@H]1C(=O)O. The van der Waals surface area contributed by atoms with Gasteiger partial charge in [-0.25, -0.2) is 4.98 Å². The van der Waals surface area contributed by atoms with Crippen molar-refractivity contribution < 1.29 is 24.1 Å². The molecule has 2 fully saturated rings. The van der Waals surface area contributed by atoms with Crippen molar-refractivity contribution in [1.29, 1.82) is 0 Å². The number of carboxylic acid groups (broad SMARTS) is 1. The lowest BCUT2D eigenvalue weighted by molar-refractivity contribution is -0.147. The minimum Gasteiger partial charge on any atom is -0.487 e. The summed E-state index contributed by atoms with van der Waals surface area (Å²) in [5.41, 5.74) is 5.61. The number of piperidine rings is 1. The van der Waals surface area contributed by atoms with Gasteiger partial charge in [0.25, 0.3) is 0 Å². The molecule has 6 rings (SSSR count). The second kappa shape index (κ2) is 13.5. The van der Waals surface area contributed by atoms with Crippen LogP contribution in [0.2, 0.25) is 5.02 Å². The Morgan fingerprint density at radius 1 is 1.16 bits per heavy atom. The number of methoxy groups -OCH3 is 1. The number of aromatic nitrogens is 1. The van der Waals surface area contributed by atoms with Crippen LogP contribution in [0.15, 0.2) is 41.8 Å². The predicted octanol–water partition coefficient (Wildman–Crippen LogP) is 6.11. The van der Waals surface area contributed by atoms with Crippen molar-refractivity contribution in [2.45, 2.75) is 57.3 Å². The van der Waals surface area contributed by atoms with Crippen molar-refractivity contribution in [2.75, 3.05) is 51.4 Å². The Morgan fingerprint density at radius 3 is 2.79 bits per heavy atom. The van der Waals surface area contributed by atoms with Crippen LogP contribution in [-0.4, -0.2) is 79.6 Å². The van der Waals surface area contributed by atoms with Crippen molar-refractivity contribution in [3.05, 3.63) is 63.5 Å². The first kappa shape index (κ1) is 30.3. The largest absolute Gasteiger partial charge is 0.487 e. The first-order chi connectivity index (χ1) is 20.9. The lowest BCUT2D eigenvalue weighted by Gasteiger charge is -2.35. The molecule has 3 aliphatic rings. The Bertz CT molecular complexity index is 1430. The highest BCUT2D eigenvalue weighted by atomic mass is 35.5. The summed E-state index contributed by atoms with van der Waals surface area (Å²) in [4.78, 5) is 21.3. The van der Waals surface area contributed by atoms with Crippen LogP contribution < -0.4 is 9.64 Å². The van der Waals surface area contributed by atoms with Gasteiger partial charge in [-0.2, -0.15) is 0 Å². The molecule has 2 aromatic carbocycles. The summed E-state index contributed by atoms with van der Waals surface area (Å²) in [5, 5.41) is 12.9. The maximum Gasteiger partial charge on any atom is 0.309 e. The fourth-order valence-corrected chi connectivity index (χ4v) is 7.86. The molecular formula is C33H40ClN3O5S. The summed E-state index contributed by atoms with van der Waals surface area (Å²) < 4.78 is 17.5. The number of hydrogen-bond donors (Lipinski definition) is 1. The van der Waals surface area contributed by atoms with Gasteiger partial charge in [0.05, 0.1) is 22.7 Å². The summed E-state index contributed by atoms with van der Waals surface area (Å²) in [6, 6.07) is 13.1. The lowest BCUT2D eigenvalue weighted by Crippen LogP contribution is -2.47. The van der Waals surface area contributed by atoms with E-state index in [1.807, 2.05) is 23.6 Å². The van der Waals surface area contributed by atoms with Gasteiger partial charge < -0.3 is 24.2 Å². The van der Waals surface area contributed by atoms with Gasteiger partial charge in [-0.05, 0) is 60.4 Å². The first-order valence-corrected chi connectivity index (χ1v) is 16.5. The number of nitrogens with zero attached hydrogens (tertiary/aromatic N) is 3. The summed E-state index contributed by atoms with van der Waals surface area (Å²) >= 11 is 8.22. The van der Waals surface area contributed by atoms with E-state index < -0.39 is 11.9 Å². The number of benzene rings is 2. The summed E-state index contributed by atoms with van der Waals surface area (Å²) in [6.07, 6.45) is 3.45. The van der Waals surface area contributed by atoms with Gasteiger partial charge >= 0.3 is 5.97 Å². The molecule has 0 unspecified atom stereocenters. The summed E-state index contributed by atoms with van der Waals surface area (Å²) in [6.45, 7) is 7.77. The van der Waals surface area contributed by atoms with Gasteiger partial charge in [0, 0.05) is 63.5 Å². The van der Waals surface area contributed by atoms with Gasteiger partial charge in [0.1, 0.15) is 12.4 Å². The zero-order valence-electron chi connectivity index (χ0n) is 24.8. The monoisotopic (exact) mass is 625 g/mol. The van der Waals surface area contributed by atoms with Crippen LogP contribution in [-0.2, 0) is 27.3 Å². The van der Waals surface area contributed by atoms with Gasteiger partial charge in [-0.15, -0.1) is 11.3 Å².